The second kappa shape index (κ2) is 6.00. The number of hydrogen-bond acceptors (Lipinski definition) is 3. The van der Waals surface area contributed by atoms with Crippen LogP contribution in [0.2, 0.25) is 0 Å². The summed E-state index contributed by atoms with van der Waals surface area (Å²) in [6.45, 7) is 6.01. The molecule has 0 rings (SSSR count). The van der Waals surface area contributed by atoms with Crippen LogP contribution in [0.5, 0.6) is 0 Å². The fourth-order valence-electron chi connectivity index (χ4n) is 0.846. The van der Waals surface area contributed by atoms with Gasteiger partial charge in [0.25, 0.3) is 0 Å². The molecule has 1 unspecified atom stereocenters. The molecule has 0 spiro atoms. The van der Waals surface area contributed by atoms with E-state index in [9.17, 15) is 9.59 Å². The average molecular weight is 233 g/mol. The van der Waals surface area contributed by atoms with Crippen molar-refractivity contribution in [1.29, 1.82) is 0 Å². The summed E-state index contributed by atoms with van der Waals surface area (Å²) in [5.41, 5.74) is -0.394. The predicted octanol–water partition coefficient (Wildman–Crippen LogP) is 1.31. The molecule has 0 radical (unpaired) electrons. The smallest absolute Gasteiger partial charge is 0.316 e. The third kappa shape index (κ3) is 5.06. The molecule has 0 aliphatic rings. The molecule has 0 fully saturated rings. The van der Waals surface area contributed by atoms with Crippen molar-refractivity contribution in [2.24, 2.45) is 5.41 Å². The number of hydrogen-bond donors (Lipinski definition) is 3. The standard InChI is InChI=1S/C10H19NO3S/c1-4-10(2,3)9(14)11-6-5-7(15)8(12)13/h7,15H,4-6H2,1-3H3,(H,11,14)(H,12,13). The predicted molar refractivity (Wildman–Crippen MR) is 62.1 cm³/mol. The SMILES string of the molecule is CCC(C)(C)C(=O)NCCC(S)C(=O)O. The maximum absolute atomic E-state index is 11.6. The number of carbonyl (C=O) groups is 2. The van der Waals surface area contributed by atoms with E-state index in [1.165, 1.54) is 0 Å². The Balaban J connectivity index is 3.88. The number of thiol groups is 1. The lowest BCUT2D eigenvalue weighted by Gasteiger charge is -2.21. The molecule has 0 aromatic heterocycles. The Hall–Kier alpha value is -0.710. The van der Waals surface area contributed by atoms with E-state index in [-0.39, 0.29) is 5.91 Å². The fraction of sp³-hybridized carbons (Fsp3) is 0.800. The molecular weight excluding hydrogens is 214 g/mol. The molecule has 0 aromatic carbocycles. The van der Waals surface area contributed by atoms with Gasteiger partial charge in [-0.25, -0.2) is 0 Å². The molecule has 1 amide bonds. The molecule has 0 saturated heterocycles. The van der Waals surface area contributed by atoms with E-state index in [1.807, 2.05) is 20.8 Å². The van der Waals surface area contributed by atoms with Gasteiger partial charge < -0.3 is 10.4 Å². The van der Waals surface area contributed by atoms with Crippen LogP contribution in [0.3, 0.4) is 0 Å². The highest BCUT2D eigenvalue weighted by molar-refractivity contribution is 7.81. The Bertz CT molecular complexity index is 241. The van der Waals surface area contributed by atoms with Gasteiger partial charge in [-0.2, -0.15) is 12.6 Å². The summed E-state index contributed by atoms with van der Waals surface area (Å²) in [6, 6.07) is 0. The molecule has 0 saturated carbocycles. The third-order valence-corrected chi connectivity index (χ3v) is 2.97. The maximum atomic E-state index is 11.6. The Labute approximate surface area is 95.8 Å². The summed E-state index contributed by atoms with van der Waals surface area (Å²) < 4.78 is 0. The van der Waals surface area contributed by atoms with E-state index in [1.54, 1.807) is 0 Å². The highest BCUT2D eigenvalue weighted by atomic mass is 32.1. The summed E-state index contributed by atoms with van der Waals surface area (Å²) in [4.78, 5) is 22.0. The van der Waals surface area contributed by atoms with Crippen molar-refractivity contribution in [3.63, 3.8) is 0 Å². The van der Waals surface area contributed by atoms with Gasteiger partial charge in [-0.15, -0.1) is 0 Å². The first-order valence-corrected chi connectivity index (χ1v) is 5.52. The van der Waals surface area contributed by atoms with Crippen LogP contribution in [0.25, 0.3) is 0 Å². The van der Waals surface area contributed by atoms with Crippen molar-refractivity contribution in [3.8, 4) is 0 Å². The van der Waals surface area contributed by atoms with E-state index in [2.05, 4.69) is 17.9 Å². The fourth-order valence-corrected chi connectivity index (χ4v) is 0.975. The molecule has 0 bridgehead atoms. The van der Waals surface area contributed by atoms with E-state index >= 15 is 0 Å². The van der Waals surface area contributed by atoms with Crippen LogP contribution in [-0.2, 0) is 9.59 Å². The summed E-state index contributed by atoms with van der Waals surface area (Å²) in [5, 5.41) is 10.6. The summed E-state index contributed by atoms with van der Waals surface area (Å²) in [5.74, 6) is -1.00. The van der Waals surface area contributed by atoms with Gasteiger partial charge in [0, 0.05) is 12.0 Å². The lowest BCUT2D eigenvalue weighted by Crippen LogP contribution is -2.38. The minimum Gasteiger partial charge on any atom is -0.480 e. The van der Waals surface area contributed by atoms with Crippen LogP contribution in [-0.4, -0.2) is 28.8 Å². The maximum Gasteiger partial charge on any atom is 0.316 e. The minimum atomic E-state index is -0.956. The Kier molecular flexibility index (Phi) is 5.72. The molecule has 0 aliphatic heterocycles. The van der Waals surface area contributed by atoms with Crippen LogP contribution < -0.4 is 5.32 Å². The van der Waals surface area contributed by atoms with Gasteiger partial charge in [-0.1, -0.05) is 20.8 Å². The molecule has 88 valence electrons. The Morgan fingerprint density at radius 3 is 2.40 bits per heavy atom. The number of nitrogens with one attached hydrogen (secondary N) is 1. The third-order valence-electron chi connectivity index (χ3n) is 2.49. The number of carboxylic acids is 1. The Morgan fingerprint density at radius 2 is 2.00 bits per heavy atom. The van der Waals surface area contributed by atoms with Gasteiger partial charge in [0.15, 0.2) is 0 Å². The highest BCUT2D eigenvalue weighted by Crippen LogP contribution is 2.19. The van der Waals surface area contributed by atoms with E-state index in [4.69, 9.17) is 5.11 Å². The van der Waals surface area contributed by atoms with Crippen molar-refractivity contribution in [3.05, 3.63) is 0 Å². The summed E-state index contributed by atoms with van der Waals surface area (Å²) in [7, 11) is 0. The first-order chi connectivity index (χ1) is 6.81. The highest BCUT2D eigenvalue weighted by Gasteiger charge is 2.24. The van der Waals surface area contributed by atoms with E-state index < -0.39 is 16.6 Å². The molecule has 15 heavy (non-hydrogen) atoms. The molecule has 0 aliphatic carbocycles. The van der Waals surface area contributed by atoms with Crippen LogP contribution in [0, 0.1) is 5.41 Å². The minimum absolute atomic E-state index is 0.0454. The summed E-state index contributed by atoms with van der Waals surface area (Å²) >= 11 is 3.87. The second-order valence-corrected chi connectivity index (χ2v) is 4.76. The van der Waals surface area contributed by atoms with Gasteiger partial charge in [-0.05, 0) is 12.8 Å². The second-order valence-electron chi connectivity index (χ2n) is 4.14. The number of carboxylic acid groups (broad SMARTS) is 1. The topological polar surface area (TPSA) is 66.4 Å². The van der Waals surface area contributed by atoms with Crippen molar-refractivity contribution in [1.82, 2.24) is 5.32 Å². The van der Waals surface area contributed by atoms with Crippen LogP contribution >= 0.6 is 12.6 Å². The number of carbonyl (C=O) groups excluding carboxylic acids is 1. The first kappa shape index (κ1) is 14.3. The van der Waals surface area contributed by atoms with Gasteiger partial charge in [0.1, 0.15) is 5.25 Å². The molecule has 2 N–H and O–H groups in total. The molecule has 4 nitrogen and oxygen atoms in total. The number of aliphatic carboxylic acids is 1. The molecule has 0 heterocycles. The zero-order valence-electron chi connectivity index (χ0n) is 9.41. The van der Waals surface area contributed by atoms with Gasteiger partial charge in [-0.3, -0.25) is 9.59 Å². The van der Waals surface area contributed by atoms with Crippen molar-refractivity contribution >= 4 is 24.5 Å². The molecule has 5 heteroatoms. The normalized spacial score (nSPS) is 13.3. The zero-order valence-corrected chi connectivity index (χ0v) is 10.3. The van der Waals surface area contributed by atoms with Crippen LogP contribution in [0.4, 0.5) is 0 Å². The number of rotatable bonds is 6. The van der Waals surface area contributed by atoms with Gasteiger partial charge in [0.05, 0.1) is 0 Å². The molecular formula is C10H19NO3S. The van der Waals surface area contributed by atoms with Gasteiger partial charge >= 0.3 is 5.97 Å². The Morgan fingerprint density at radius 1 is 1.47 bits per heavy atom. The molecule has 0 aromatic rings. The quantitative estimate of drug-likeness (QED) is 0.606. The zero-order chi connectivity index (χ0) is 12.1. The van der Waals surface area contributed by atoms with E-state index in [0.717, 1.165) is 6.42 Å². The number of amides is 1. The van der Waals surface area contributed by atoms with Crippen molar-refractivity contribution < 1.29 is 14.7 Å². The summed E-state index contributed by atoms with van der Waals surface area (Å²) in [6.07, 6.45) is 1.09. The first-order valence-electron chi connectivity index (χ1n) is 5.00. The van der Waals surface area contributed by atoms with Crippen molar-refractivity contribution in [2.45, 2.75) is 38.9 Å². The van der Waals surface area contributed by atoms with Gasteiger partial charge in [0.2, 0.25) is 5.91 Å². The lowest BCUT2D eigenvalue weighted by atomic mass is 9.89. The largest absolute Gasteiger partial charge is 0.480 e. The van der Waals surface area contributed by atoms with Crippen molar-refractivity contribution in [2.75, 3.05) is 6.54 Å². The van der Waals surface area contributed by atoms with E-state index in [0.29, 0.717) is 13.0 Å². The van der Waals surface area contributed by atoms with Crippen LogP contribution in [0.1, 0.15) is 33.6 Å². The average Bonchev–Trinajstić information content (AvgIpc) is 2.17. The van der Waals surface area contributed by atoms with Crippen LogP contribution in [0.15, 0.2) is 0 Å². The monoisotopic (exact) mass is 233 g/mol. The molecule has 1 atom stereocenters. The lowest BCUT2D eigenvalue weighted by molar-refractivity contribution is -0.136.